The molecule has 27 heavy (non-hydrogen) atoms. The van der Waals surface area contributed by atoms with Crippen molar-refractivity contribution in [3.63, 3.8) is 0 Å². The van der Waals surface area contributed by atoms with Gasteiger partial charge in [-0.15, -0.1) is 21.6 Å². The number of anilines is 1. The first-order valence-electron chi connectivity index (χ1n) is 8.24. The fourth-order valence-electron chi connectivity index (χ4n) is 2.29. The Labute approximate surface area is 158 Å². The molecule has 0 atom stereocenters. The number of hydrogen-bond donors (Lipinski definition) is 0. The van der Waals surface area contributed by atoms with Crippen LogP contribution in [0.25, 0.3) is 0 Å². The summed E-state index contributed by atoms with van der Waals surface area (Å²) in [6.07, 6.45) is -6.21. The van der Waals surface area contributed by atoms with Crippen molar-refractivity contribution < 1.29 is 22.8 Å². The lowest BCUT2D eigenvalue weighted by Crippen LogP contribution is -2.25. The molecule has 0 N–H and O–H groups in total. The minimum absolute atomic E-state index is 0.0402. The van der Waals surface area contributed by atoms with Gasteiger partial charge in [0, 0.05) is 18.8 Å². The minimum atomic E-state index is -5.01. The fourth-order valence-corrected chi connectivity index (χ4v) is 3.06. The highest BCUT2D eigenvalue weighted by Crippen LogP contribution is 2.29. The van der Waals surface area contributed by atoms with Crippen molar-refractivity contribution in [2.24, 2.45) is 10.2 Å². The van der Waals surface area contributed by atoms with E-state index in [1.807, 2.05) is 12.1 Å². The summed E-state index contributed by atoms with van der Waals surface area (Å²) >= 11 is 0.890. The van der Waals surface area contributed by atoms with Gasteiger partial charge in [0.2, 0.25) is 5.78 Å². The van der Waals surface area contributed by atoms with Gasteiger partial charge in [-0.3, -0.25) is 9.59 Å². The Morgan fingerprint density at radius 2 is 1.63 bits per heavy atom. The Hall–Kier alpha value is -2.55. The van der Waals surface area contributed by atoms with Gasteiger partial charge < -0.3 is 4.90 Å². The average molecular weight is 397 g/mol. The van der Waals surface area contributed by atoms with Gasteiger partial charge in [0.15, 0.2) is 5.78 Å². The lowest BCUT2D eigenvalue weighted by atomic mass is 10.2. The molecule has 0 fully saturated rings. The average Bonchev–Trinajstić information content (AvgIpc) is 3.10. The highest BCUT2D eigenvalue weighted by atomic mass is 32.1. The molecule has 0 aliphatic carbocycles. The van der Waals surface area contributed by atoms with E-state index in [9.17, 15) is 22.8 Å². The van der Waals surface area contributed by atoms with Crippen LogP contribution >= 0.6 is 11.3 Å². The van der Waals surface area contributed by atoms with Gasteiger partial charge in [0.1, 0.15) is 5.00 Å². The van der Waals surface area contributed by atoms with E-state index in [1.54, 1.807) is 12.1 Å². The Bertz CT molecular complexity index is 825. The standard InChI is InChI=1S/C18H18F3N3O2S/c1-3-24(4-2)13-7-5-12(6-8-13)22-23-17-10-9-15(27-17)14(25)11-16(26)18(19,20)21/h5-10H,3-4,11H2,1-2H3. The summed E-state index contributed by atoms with van der Waals surface area (Å²) in [5, 5.41) is 8.42. The Balaban J connectivity index is 2.02. The van der Waals surface area contributed by atoms with Crippen molar-refractivity contribution >= 4 is 39.3 Å². The number of ketones is 2. The maximum Gasteiger partial charge on any atom is 0.450 e. The van der Waals surface area contributed by atoms with Crippen LogP contribution in [-0.4, -0.2) is 30.8 Å². The number of rotatable bonds is 8. The first-order chi connectivity index (χ1) is 12.7. The van der Waals surface area contributed by atoms with Crippen LogP contribution in [0.5, 0.6) is 0 Å². The number of carbonyl (C=O) groups excluding carboxylic acids is 2. The van der Waals surface area contributed by atoms with Crippen molar-refractivity contribution in [2.75, 3.05) is 18.0 Å². The van der Waals surface area contributed by atoms with E-state index in [4.69, 9.17) is 0 Å². The van der Waals surface area contributed by atoms with Crippen LogP contribution in [0.15, 0.2) is 46.6 Å². The van der Waals surface area contributed by atoms with Crippen LogP contribution in [0, 0.1) is 0 Å². The SMILES string of the molecule is CCN(CC)c1ccc(N=Nc2ccc(C(=O)CC(=O)C(F)(F)F)s2)cc1. The predicted molar refractivity (Wildman–Crippen MR) is 98.5 cm³/mol. The van der Waals surface area contributed by atoms with Gasteiger partial charge in [0.05, 0.1) is 17.0 Å². The van der Waals surface area contributed by atoms with Gasteiger partial charge in [-0.05, 0) is 50.2 Å². The molecule has 0 amide bonds. The predicted octanol–water partition coefficient (Wildman–Crippen LogP) is 5.71. The zero-order chi connectivity index (χ0) is 20.0. The number of thiophene rings is 1. The van der Waals surface area contributed by atoms with Crippen molar-refractivity contribution in [2.45, 2.75) is 26.4 Å². The largest absolute Gasteiger partial charge is 0.450 e. The second-order valence-corrected chi connectivity index (χ2v) is 6.61. The molecular weight excluding hydrogens is 379 g/mol. The number of Topliss-reactive ketones (excluding diaryl/α,β-unsaturated/α-hetero) is 2. The van der Waals surface area contributed by atoms with E-state index < -0.39 is 24.2 Å². The number of alkyl halides is 3. The summed E-state index contributed by atoms with van der Waals surface area (Å²) in [4.78, 5) is 24.9. The summed E-state index contributed by atoms with van der Waals surface area (Å²) in [6.45, 7) is 5.91. The van der Waals surface area contributed by atoms with Crippen LogP contribution < -0.4 is 4.90 Å². The lowest BCUT2D eigenvalue weighted by molar-refractivity contribution is -0.170. The van der Waals surface area contributed by atoms with Crippen LogP contribution in [-0.2, 0) is 4.79 Å². The Kier molecular flexibility index (Phi) is 6.84. The Morgan fingerprint density at radius 3 is 2.19 bits per heavy atom. The lowest BCUT2D eigenvalue weighted by Gasteiger charge is -2.20. The van der Waals surface area contributed by atoms with Gasteiger partial charge in [-0.25, -0.2) is 0 Å². The molecule has 0 radical (unpaired) electrons. The molecule has 2 rings (SSSR count). The monoisotopic (exact) mass is 397 g/mol. The third kappa shape index (κ3) is 5.72. The quantitative estimate of drug-likeness (QED) is 0.325. The zero-order valence-corrected chi connectivity index (χ0v) is 15.6. The molecule has 5 nitrogen and oxygen atoms in total. The van der Waals surface area contributed by atoms with Crippen molar-refractivity contribution in [1.29, 1.82) is 0 Å². The summed E-state index contributed by atoms with van der Waals surface area (Å²) in [6, 6.07) is 10.3. The fraction of sp³-hybridized carbons (Fsp3) is 0.333. The highest BCUT2D eigenvalue weighted by molar-refractivity contribution is 7.17. The molecule has 9 heteroatoms. The summed E-state index contributed by atoms with van der Waals surface area (Å²) in [5.41, 5.74) is 1.68. The molecule has 0 unspecified atom stereocenters. The normalized spacial score (nSPS) is 11.7. The maximum atomic E-state index is 12.2. The van der Waals surface area contributed by atoms with E-state index in [-0.39, 0.29) is 4.88 Å². The molecule has 0 aliphatic rings. The topological polar surface area (TPSA) is 62.1 Å². The molecule has 0 bridgehead atoms. The number of azo groups is 1. The van der Waals surface area contributed by atoms with E-state index in [0.29, 0.717) is 10.7 Å². The van der Waals surface area contributed by atoms with Crippen LogP contribution in [0.2, 0.25) is 0 Å². The second-order valence-electron chi connectivity index (χ2n) is 5.55. The summed E-state index contributed by atoms with van der Waals surface area (Å²) in [7, 11) is 0. The van der Waals surface area contributed by atoms with Gasteiger partial charge in [0.25, 0.3) is 0 Å². The molecule has 0 saturated heterocycles. The van der Waals surface area contributed by atoms with Crippen molar-refractivity contribution in [3.05, 3.63) is 41.3 Å². The third-order valence-electron chi connectivity index (χ3n) is 3.75. The number of benzene rings is 1. The summed E-state index contributed by atoms with van der Waals surface area (Å²) in [5.74, 6) is -2.94. The van der Waals surface area contributed by atoms with Gasteiger partial charge in [-0.2, -0.15) is 13.2 Å². The smallest absolute Gasteiger partial charge is 0.372 e. The van der Waals surface area contributed by atoms with E-state index >= 15 is 0 Å². The molecule has 2 aromatic rings. The molecular formula is C18H18F3N3O2S. The minimum Gasteiger partial charge on any atom is -0.372 e. The van der Waals surface area contributed by atoms with Gasteiger partial charge in [-0.1, -0.05) is 0 Å². The van der Waals surface area contributed by atoms with Gasteiger partial charge >= 0.3 is 6.18 Å². The maximum absolute atomic E-state index is 12.2. The first kappa shape index (κ1) is 20.8. The zero-order valence-electron chi connectivity index (χ0n) is 14.8. The van der Waals surface area contributed by atoms with Crippen LogP contribution in [0.1, 0.15) is 29.9 Å². The van der Waals surface area contributed by atoms with Crippen LogP contribution in [0.3, 0.4) is 0 Å². The third-order valence-corrected chi connectivity index (χ3v) is 4.76. The van der Waals surface area contributed by atoms with E-state index in [1.165, 1.54) is 12.1 Å². The molecule has 144 valence electrons. The number of hydrogen-bond acceptors (Lipinski definition) is 6. The molecule has 0 aliphatic heterocycles. The summed E-state index contributed by atoms with van der Waals surface area (Å²) < 4.78 is 36.7. The van der Waals surface area contributed by atoms with E-state index in [0.717, 1.165) is 30.1 Å². The molecule has 0 saturated carbocycles. The van der Waals surface area contributed by atoms with Crippen LogP contribution in [0.4, 0.5) is 29.5 Å². The molecule has 1 aromatic carbocycles. The number of nitrogens with zero attached hydrogens (tertiary/aromatic N) is 3. The van der Waals surface area contributed by atoms with Crippen molar-refractivity contribution in [1.82, 2.24) is 0 Å². The van der Waals surface area contributed by atoms with Crippen molar-refractivity contribution in [3.8, 4) is 0 Å². The number of carbonyl (C=O) groups is 2. The number of halogens is 3. The van der Waals surface area contributed by atoms with E-state index in [2.05, 4.69) is 29.0 Å². The second kappa shape index (κ2) is 8.90. The first-order valence-corrected chi connectivity index (χ1v) is 9.06. The highest BCUT2D eigenvalue weighted by Gasteiger charge is 2.39. The molecule has 1 heterocycles. The molecule has 1 aromatic heterocycles. The Morgan fingerprint density at radius 1 is 1.00 bits per heavy atom. The molecule has 0 spiro atoms.